The van der Waals surface area contributed by atoms with E-state index in [1.54, 1.807) is 30.9 Å². The standard InChI is InChI=1S/C17H15BrN6O4/c1-22-14-12(15(25)23(2)17(22)26)20-16(18)24(14)8-11-19-13(21-28-11)9-4-6-10(27-3)7-5-9/h4-7H,8H2,1-3H3. The van der Waals surface area contributed by atoms with E-state index in [0.29, 0.717) is 22.1 Å². The van der Waals surface area contributed by atoms with E-state index < -0.39 is 11.2 Å². The highest BCUT2D eigenvalue weighted by atomic mass is 79.9. The Morgan fingerprint density at radius 3 is 2.50 bits per heavy atom. The van der Waals surface area contributed by atoms with Gasteiger partial charge in [-0.15, -0.1) is 0 Å². The summed E-state index contributed by atoms with van der Waals surface area (Å²) >= 11 is 3.34. The van der Waals surface area contributed by atoms with Gasteiger partial charge in [-0.2, -0.15) is 4.98 Å². The van der Waals surface area contributed by atoms with Crippen LogP contribution in [-0.4, -0.2) is 35.9 Å². The van der Waals surface area contributed by atoms with Crippen molar-refractivity contribution in [1.82, 2.24) is 28.8 Å². The topological polar surface area (TPSA) is 110 Å². The molecule has 11 heteroatoms. The Morgan fingerprint density at radius 1 is 1.11 bits per heavy atom. The molecule has 0 aliphatic rings. The summed E-state index contributed by atoms with van der Waals surface area (Å²) < 4.78 is 14.9. The molecule has 3 heterocycles. The Hall–Kier alpha value is -3.21. The quantitative estimate of drug-likeness (QED) is 0.434. The number of ether oxygens (including phenoxy) is 1. The second-order valence-electron chi connectivity index (χ2n) is 6.09. The third-order valence-corrected chi connectivity index (χ3v) is 5.01. The van der Waals surface area contributed by atoms with E-state index in [4.69, 9.17) is 9.26 Å². The number of hydrogen-bond acceptors (Lipinski definition) is 7. The molecule has 0 aliphatic carbocycles. The van der Waals surface area contributed by atoms with Gasteiger partial charge >= 0.3 is 5.69 Å². The van der Waals surface area contributed by atoms with Crippen LogP contribution < -0.4 is 16.0 Å². The van der Waals surface area contributed by atoms with Crippen LogP contribution in [-0.2, 0) is 20.6 Å². The molecule has 4 rings (SSSR count). The number of benzene rings is 1. The van der Waals surface area contributed by atoms with Gasteiger partial charge in [0.05, 0.1) is 7.11 Å². The molecule has 1 aromatic carbocycles. The van der Waals surface area contributed by atoms with Crippen molar-refractivity contribution in [2.45, 2.75) is 6.54 Å². The van der Waals surface area contributed by atoms with E-state index in [1.807, 2.05) is 12.1 Å². The Kier molecular flexibility index (Phi) is 4.38. The molecule has 0 radical (unpaired) electrons. The van der Waals surface area contributed by atoms with Crippen LogP contribution in [0.25, 0.3) is 22.6 Å². The van der Waals surface area contributed by atoms with Crippen LogP contribution in [0.1, 0.15) is 5.89 Å². The average Bonchev–Trinajstić information content (AvgIpc) is 3.30. The van der Waals surface area contributed by atoms with E-state index in [2.05, 4.69) is 31.1 Å². The first kappa shape index (κ1) is 18.2. The number of hydrogen-bond donors (Lipinski definition) is 0. The molecule has 0 bridgehead atoms. The lowest BCUT2D eigenvalue weighted by Crippen LogP contribution is -2.37. The molecule has 4 aromatic rings. The minimum atomic E-state index is -0.470. The lowest BCUT2D eigenvalue weighted by Gasteiger charge is -2.07. The molecule has 0 aliphatic heterocycles. The number of aryl methyl sites for hydroxylation is 1. The largest absolute Gasteiger partial charge is 0.497 e. The molecule has 0 fully saturated rings. The second kappa shape index (κ2) is 6.75. The first-order valence-electron chi connectivity index (χ1n) is 8.19. The zero-order valence-electron chi connectivity index (χ0n) is 15.2. The Labute approximate surface area is 166 Å². The molecule has 0 saturated heterocycles. The van der Waals surface area contributed by atoms with Gasteiger partial charge in [0.15, 0.2) is 15.9 Å². The molecule has 144 valence electrons. The van der Waals surface area contributed by atoms with Gasteiger partial charge in [-0.25, -0.2) is 9.78 Å². The van der Waals surface area contributed by atoms with Gasteiger partial charge in [0.1, 0.15) is 12.3 Å². The van der Waals surface area contributed by atoms with Gasteiger partial charge < -0.3 is 9.26 Å². The van der Waals surface area contributed by atoms with Crippen molar-refractivity contribution in [2.24, 2.45) is 14.1 Å². The van der Waals surface area contributed by atoms with Crippen molar-refractivity contribution >= 4 is 27.1 Å². The highest BCUT2D eigenvalue weighted by Gasteiger charge is 2.20. The molecule has 10 nitrogen and oxygen atoms in total. The Morgan fingerprint density at radius 2 is 1.82 bits per heavy atom. The van der Waals surface area contributed by atoms with Crippen molar-refractivity contribution < 1.29 is 9.26 Å². The van der Waals surface area contributed by atoms with E-state index >= 15 is 0 Å². The molecule has 28 heavy (non-hydrogen) atoms. The highest BCUT2D eigenvalue weighted by molar-refractivity contribution is 9.10. The Balaban J connectivity index is 1.75. The molecular weight excluding hydrogens is 432 g/mol. The van der Waals surface area contributed by atoms with E-state index in [9.17, 15) is 9.59 Å². The maximum absolute atomic E-state index is 12.4. The van der Waals surface area contributed by atoms with Crippen LogP contribution in [0.5, 0.6) is 5.75 Å². The molecule has 3 aromatic heterocycles. The Bertz CT molecular complexity index is 1300. The van der Waals surface area contributed by atoms with Crippen LogP contribution in [0.2, 0.25) is 0 Å². The monoisotopic (exact) mass is 446 g/mol. The van der Waals surface area contributed by atoms with E-state index in [-0.39, 0.29) is 12.1 Å². The van der Waals surface area contributed by atoms with Crippen molar-refractivity contribution in [3.8, 4) is 17.1 Å². The maximum atomic E-state index is 12.4. The van der Waals surface area contributed by atoms with E-state index in [0.717, 1.165) is 15.9 Å². The number of nitrogens with zero attached hydrogens (tertiary/aromatic N) is 6. The first-order chi connectivity index (χ1) is 13.4. The summed E-state index contributed by atoms with van der Waals surface area (Å²) in [5.74, 6) is 1.45. The zero-order chi connectivity index (χ0) is 20.0. The summed E-state index contributed by atoms with van der Waals surface area (Å²) in [5, 5.41) is 3.99. The number of imidazole rings is 1. The number of fused-ring (bicyclic) bond motifs is 1. The average molecular weight is 447 g/mol. The van der Waals surface area contributed by atoms with Crippen molar-refractivity contribution in [1.29, 1.82) is 0 Å². The number of methoxy groups -OCH3 is 1. The molecule has 0 spiro atoms. The molecule has 0 unspecified atom stereocenters. The minimum Gasteiger partial charge on any atom is -0.497 e. The van der Waals surface area contributed by atoms with Crippen LogP contribution in [0, 0.1) is 0 Å². The predicted octanol–water partition coefficient (Wildman–Crippen LogP) is 1.30. The van der Waals surface area contributed by atoms with Gasteiger partial charge in [-0.1, -0.05) is 5.16 Å². The van der Waals surface area contributed by atoms with Crippen LogP contribution in [0.3, 0.4) is 0 Å². The summed E-state index contributed by atoms with van der Waals surface area (Å²) in [6, 6.07) is 7.25. The lowest BCUT2D eigenvalue weighted by molar-refractivity contribution is 0.371. The minimum absolute atomic E-state index is 0.140. The maximum Gasteiger partial charge on any atom is 0.332 e. The van der Waals surface area contributed by atoms with Crippen molar-refractivity contribution in [3.63, 3.8) is 0 Å². The summed E-state index contributed by atoms with van der Waals surface area (Å²) in [6.45, 7) is 0.140. The SMILES string of the molecule is COc1ccc(-c2noc(Cn3c(Br)nc4c(=O)n(C)c(=O)n(C)c43)n2)cc1. The third kappa shape index (κ3) is 2.83. The third-order valence-electron chi connectivity index (χ3n) is 4.40. The fourth-order valence-corrected chi connectivity index (χ4v) is 3.39. The molecule has 0 amide bonds. The predicted molar refractivity (Wildman–Crippen MR) is 103 cm³/mol. The van der Waals surface area contributed by atoms with Gasteiger partial charge in [-0.05, 0) is 40.2 Å². The lowest BCUT2D eigenvalue weighted by atomic mass is 10.2. The number of rotatable bonds is 4. The number of halogens is 1. The van der Waals surface area contributed by atoms with Gasteiger partial charge in [-0.3, -0.25) is 18.5 Å². The summed E-state index contributed by atoms with van der Waals surface area (Å²) in [4.78, 5) is 33.2. The first-order valence-corrected chi connectivity index (χ1v) is 8.98. The summed E-state index contributed by atoms with van der Waals surface area (Å²) in [7, 11) is 4.58. The van der Waals surface area contributed by atoms with Crippen LogP contribution in [0.15, 0.2) is 43.1 Å². The summed E-state index contributed by atoms with van der Waals surface area (Å²) in [5.41, 5.74) is 0.389. The molecule has 0 atom stereocenters. The number of aromatic nitrogens is 6. The molecule has 0 N–H and O–H groups in total. The van der Waals surface area contributed by atoms with Crippen molar-refractivity contribution in [2.75, 3.05) is 7.11 Å². The van der Waals surface area contributed by atoms with E-state index in [1.165, 1.54) is 11.6 Å². The van der Waals surface area contributed by atoms with Gasteiger partial charge in [0.25, 0.3) is 5.56 Å². The fourth-order valence-electron chi connectivity index (χ4n) is 2.91. The smallest absolute Gasteiger partial charge is 0.332 e. The molecular formula is C17H15BrN6O4. The zero-order valence-corrected chi connectivity index (χ0v) is 16.8. The second-order valence-corrected chi connectivity index (χ2v) is 6.79. The van der Waals surface area contributed by atoms with Gasteiger partial charge in [0, 0.05) is 19.7 Å². The summed E-state index contributed by atoms with van der Waals surface area (Å²) in [6.07, 6.45) is 0. The van der Waals surface area contributed by atoms with Gasteiger partial charge in [0.2, 0.25) is 11.7 Å². The van der Waals surface area contributed by atoms with Crippen LogP contribution in [0.4, 0.5) is 0 Å². The van der Waals surface area contributed by atoms with Crippen LogP contribution >= 0.6 is 15.9 Å². The highest BCUT2D eigenvalue weighted by Crippen LogP contribution is 2.22. The molecule has 0 saturated carbocycles. The fraction of sp³-hybridized carbons (Fsp3) is 0.235. The normalized spacial score (nSPS) is 11.3. The van der Waals surface area contributed by atoms with Crippen molar-refractivity contribution in [3.05, 3.63) is 55.7 Å².